The summed E-state index contributed by atoms with van der Waals surface area (Å²) >= 11 is 0. The summed E-state index contributed by atoms with van der Waals surface area (Å²) in [6, 6.07) is 0. The molecule has 0 spiro atoms. The topological polar surface area (TPSA) is 128 Å². The van der Waals surface area contributed by atoms with Gasteiger partial charge in [0.25, 0.3) is 5.56 Å². The van der Waals surface area contributed by atoms with E-state index < -0.39 is 36.8 Å². The molecule has 114 valence electrons. The number of nitrogens with zero attached hydrogens (tertiary/aromatic N) is 3. The third kappa shape index (κ3) is 2.07. The van der Waals surface area contributed by atoms with Gasteiger partial charge >= 0.3 is 0 Å². The molecule has 1 saturated heterocycles. The molecule has 9 nitrogen and oxygen atoms in total. The van der Waals surface area contributed by atoms with E-state index in [2.05, 4.69) is 15.0 Å². The van der Waals surface area contributed by atoms with E-state index in [1.807, 2.05) is 0 Å². The number of hydrogen-bond donors (Lipinski definition) is 3. The molecule has 4 N–H and O–H groups in total. The van der Waals surface area contributed by atoms with Crippen LogP contribution in [-0.4, -0.2) is 56.7 Å². The number of rotatable bonds is 3. The minimum absolute atomic E-state index is 0.0607. The van der Waals surface area contributed by atoms with Crippen LogP contribution in [0.2, 0.25) is 0 Å². The number of fused-ring (bicyclic) bond motifs is 1. The molecule has 10 heteroatoms. The van der Waals surface area contributed by atoms with Gasteiger partial charge in [0.05, 0.1) is 12.9 Å². The first-order valence-corrected chi connectivity index (χ1v) is 6.22. The van der Waals surface area contributed by atoms with Crippen LogP contribution in [0.1, 0.15) is 6.23 Å². The van der Waals surface area contributed by atoms with Crippen molar-refractivity contribution in [3.63, 3.8) is 0 Å². The summed E-state index contributed by atoms with van der Waals surface area (Å²) in [5.74, 6) is -0.0864. The minimum atomic E-state index is -1.51. The molecule has 0 aliphatic carbocycles. The van der Waals surface area contributed by atoms with Gasteiger partial charge < -0.3 is 20.3 Å². The Bertz CT molecular complexity index is 716. The number of aromatic amines is 1. The number of hydrogen-bond acceptors (Lipinski definition) is 7. The summed E-state index contributed by atoms with van der Waals surface area (Å²) in [6.45, 7) is -0.486. The van der Waals surface area contributed by atoms with Crippen molar-refractivity contribution < 1.29 is 19.0 Å². The first-order chi connectivity index (χ1) is 10.1. The fourth-order valence-electron chi connectivity index (χ4n) is 2.44. The van der Waals surface area contributed by atoms with Crippen LogP contribution in [0.3, 0.4) is 0 Å². The van der Waals surface area contributed by atoms with E-state index in [1.54, 1.807) is 0 Å². The zero-order valence-electron chi connectivity index (χ0n) is 11.1. The predicted octanol–water partition coefficient (Wildman–Crippen LogP) is -1.06. The second kappa shape index (κ2) is 5.06. The van der Waals surface area contributed by atoms with Crippen LogP contribution in [-0.2, 0) is 9.47 Å². The van der Waals surface area contributed by atoms with Gasteiger partial charge in [-0.15, -0.1) is 0 Å². The third-order valence-corrected chi connectivity index (χ3v) is 3.44. The summed E-state index contributed by atoms with van der Waals surface area (Å²) < 4.78 is 26.0. The lowest BCUT2D eigenvalue weighted by Gasteiger charge is -2.19. The summed E-state index contributed by atoms with van der Waals surface area (Å²) in [4.78, 5) is 22.0. The van der Waals surface area contributed by atoms with Crippen LogP contribution in [0.5, 0.6) is 0 Å². The van der Waals surface area contributed by atoms with Crippen molar-refractivity contribution in [2.45, 2.75) is 24.6 Å². The molecule has 0 aromatic carbocycles. The summed E-state index contributed by atoms with van der Waals surface area (Å²) in [7, 11) is 1.33. The van der Waals surface area contributed by atoms with Crippen molar-refractivity contribution in [3.8, 4) is 0 Å². The standard InChI is InChI=1S/C11H14FN5O4/c1-20-7-5(12)4(2-18)21-10(7)17-3-14-6-8(17)15-11(13)16-9(6)19/h3-5,7,10,18H,2H2,1H3,(H3,13,15,16,19)/t4-,5+,7?,10-/m1/s1. The zero-order chi connectivity index (χ0) is 15.1. The van der Waals surface area contributed by atoms with E-state index in [0.29, 0.717) is 0 Å². The van der Waals surface area contributed by atoms with E-state index in [4.69, 9.17) is 20.3 Å². The smallest absolute Gasteiger partial charge is 0.280 e. The van der Waals surface area contributed by atoms with Crippen LogP contribution in [0.25, 0.3) is 11.2 Å². The maximum atomic E-state index is 14.1. The molecule has 3 rings (SSSR count). The summed E-state index contributed by atoms with van der Waals surface area (Å²) in [6.07, 6.45) is -3.09. The highest BCUT2D eigenvalue weighted by molar-refractivity contribution is 5.70. The van der Waals surface area contributed by atoms with E-state index in [9.17, 15) is 9.18 Å². The van der Waals surface area contributed by atoms with Gasteiger partial charge in [-0.3, -0.25) is 14.3 Å². The Hall–Kier alpha value is -2.04. The lowest BCUT2D eigenvalue weighted by molar-refractivity contribution is -0.0583. The van der Waals surface area contributed by atoms with Crippen molar-refractivity contribution in [1.82, 2.24) is 19.5 Å². The largest absolute Gasteiger partial charge is 0.394 e. The lowest BCUT2D eigenvalue weighted by Crippen LogP contribution is -2.31. The van der Waals surface area contributed by atoms with E-state index in [0.717, 1.165) is 0 Å². The molecule has 0 amide bonds. The molecule has 2 aromatic heterocycles. The van der Waals surface area contributed by atoms with Crippen molar-refractivity contribution in [3.05, 3.63) is 16.7 Å². The van der Waals surface area contributed by atoms with Gasteiger partial charge in [0.2, 0.25) is 5.95 Å². The maximum Gasteiger partial charge on any atom is 0.280 e. The highest BCUT2D eigenvalue weighted by atomic mass is 19.1. The normalized spacial score (nSPS) is 29.3. The fraction of sp³-hybridized carbons (Fsp3) is 0.545. The van der Waals surface area contributed by atoms with Gasteiger partial charge in [-0.25, -0.2) is 9.37 Å². The third-order valence-electron chi connectivity index (χ3n) is 3.44. The van der Waals surface area contributed by atoms with E-state index >= 15 is 0 Å². The number of H-pyrrole nitrogens is 1. The average Bonchev–Trinajstić information content (AvgIpc) is 2.99. The Labute approximate surface area is 117 Å². The van der Waals surface area contributed by atoms with Crippen LogP contribution < -0.4 is 11.3 Å². The van der Waals surface area contributed by atoms with Crippen LogP contribution in [0.4, 0.5) is 10.3 Å². The summed E-state index contributed by atoms with van der Waals surface area (Å²) in [5, 5.41) is 9.13. The number of halogens is 1. The molecule has 1 unspecified atom stereocenters. The molecule has 0 radical (unpaired) electrons. The number of ether oxygens (including phenoxy) is 2. The van der Waals surface area contributed by atoms with E-state index in [-0.39, 0.29) is 17.1 Å². The number of nitrogens with one attached hydrogen (secondary N) is 1. The van der Waals surface area contributed by atoms with E-state index in [1.165, 1.54) is 18.0 Å². The molecule has 0 bridgehead atoms. The lowest BCUT2D eigenvalue weighted by atomic mass is 10.1. The highest BCUT2D eigenvalue weighted by Crippen LogP contribution is 2.34. The van der Waals surface area contributed by atoms with Gasteiger partial charge in [0.1, 0.15) is 12.2 Å². The number of imidazole rings is 1. The predicted molar refractivity (Wildman–Crippen MR) is 69.2 cm³/mol. The van der Waals surface area contributed by atoms with Gasteiger partial charge in [0.15, 0.2) is 23.6 Å². The SMILES string of the molecule is COC1[C@@H](F)[C@@H](CO)O[C@H]1n1cnc2c(=O)[nH]c(N)nc21. The molecule has 4 atom stereocenters. The molecular formula is C11H14FN5O4. The molecule has 1 aliphatic heterocycles. The second-order valence-electron chi connectivity index (χ2n) is 4.67. The number of alkyl halides is 1. The summed E-state index contributed by atoms with van der Waals surface area (Å²) in [5.41, 5.74) is 5.23. The Balaban J connectivity index is 2.10. The van der Waals surface area contributed by atoms with Crippen LogP contribution >= 0.6 is 0 Å². The molecular weight excluding hydrogens is 285 g/mol. The fourth-order valence-corrected chi connectivity index (χ4v) is 2.44. The van der Waals surface area contributed by atoms with Crippen molar-refractivity contribution in [2.24, 2.45) is 0 Å². The molecule has 2 aromatic rings. The van der Waals surface area contributed by atoms with Gasteiger partial charge in [-0.05, 0) is 0 Å². The number of aromatic nitrogens is 4. The Kier molecular flexibility index (Phi) is 3.35. The molecule has 1 fully saturated rings. The van der Waals surface area contributed by atoms with Crippen molar-refractivity contribution in [1.29, 1.82) is 0 Å². The minimum Gasteiger partial charge on any atom is -0.394 e. The number of aliphatic hydroxyl groups excluding tert-OH is 1. The van der Waals surface area contributed by atoms with Gasteiger partial charge in [0, 0.05) is 7.11 Å². The maximum absolute atomic E-state index is 14.1. The van der Waals surface area contributed by atoms with Crippen LogP contribution in [0.15, 0.2) is 11.1 Å². The number of aliphatic hydroxyl groups is 1. The Morgan fingerprint density at radius 1 is 1.67 bits per heavy atom. The average molecular weight is 299 g/mol. The first kappa shape index (κ1) is 13.9. The van der Waals surface area contributed by atoms with Crippen molar-refractivity contribution >= 4 is 17.1 Å². The quantitative estimate of drug-likeness (QED) is 0.659. The highest BCUT2D eigenvalue weighted by Gasteiger charge is 2.46. The number of anilines is 1. The number of methoxy groups -OCH3 is 1. The molecule has 3 heterocycles. The molecule has 1 aliphatic rings. The number of nitrogens with two attached hydrogens (primary N) is 1. The Morgan fingerprint density at radius 3 is 3.10 bits per heavy atom. The van der Waals surface area contributed by atoms with Gasteiger partial charge in [-0.2, -0.15) is 4.98 Å². The monoisotopic (exact) mass is 299 g/mol. The zero-order valence-corrected chi connectivity index (χ0v) is 11.1. The van der Waals surface area contributed by atoms with Crippen molar-refractivity contribution in [2.75, 3.05) is 19.5 Å². The van der Waals surface area contributed by atoms with Crippen LogP contribution in [0, 0.1) is 0 Å². The molecule has 0 saturated carbocycles. The van der Waals surface area contributed by atoms with Gasteiger partial charge in [-0.1, -0.05) is 0 Å². The second-order valence-corrected chi connectivity index (χ2v) is 4.67. The Morgan fingerprint density at radius 2 is 2.43 bits per heavy atom. The number of nitrogen functional groups attached to an aromatic ring is 1. The first-order valence-electron chi connectivity index (χ1n) is 6.22. The molecule has 21 heavy (non-hydrogen) atoms.